The van der Waals surface area contributed by atoms with Crippen molar-refractivity contribution < 1.29 is 47.3 Å². The molecule has 0 radical (unpaired) electrons. The highest BCUT2D eigenvalue weighted by Crippen LogP contribution is 2.64. The van der Waals surface area contributed by atoms with E-state index >= 15 is 4.79 Å². The van der Waals surface area contributed by atoms with Crippen molar-refractivity contribution in [2.24, 2.45) is 23.7 Å². The van der Waals surface area contributed by atoms with Crippen molar-refractivity contribution in [1.82, 2.24) is 9.99 Å². The smallest absolute Gasteiger partial charge is 0.417 e. The van der Waals surface area contributed by atoms with Gasteiger partial charge in [-0.3, -0.25) is 44.8 Å². The van der Waals surface area contributed by atoms with Gasteiger partial charge in [0.25, 0.3) is 11.8 Å². The Bertz CT molecular complexity index is 2590. The summed E-state index contributed by atoms with van der Waals surface area (Å²) in [6.45, 7) is 0. The Morgan fingerprint density at radius 2 is 1.52 bits per heavy atom. The van der Waals surface area contributed by atoms with Gasteiger partial charge >= 0.3 is 17.6 Å². The quantitative estimate of drug-likeness (QED) is 0.0780. The second-order valence-corrected chi connectivity index (χ2v) is 16.1. The average molecular weight is 881 g/mol. The van der Waals surface area contributed by atoms with Crippen molar-refractivity contribution >= 4 is 75.4 Å². The summed E-state index contributed by atoms with van der Waals surface area (Å²) in [7, 11) is 2.72. The summed E-state index contributed by atoms with van der Waals surface area (Å²) in [6, 6.07) is 14.3. The largest absolute Gasteiger partial charge is 0.508 e. The average Bonchev–Trinajstić information content (AvgIpc) is 3.58. The van der Waals surface area contributed by atoms with Gasteiger partial charge in [0, 0.05) is 43.4 Å². The van der Waals surface area contributed by atoms with E-state index in [1.165, 1.54) is 55.4 Å². The van der Waals surface area contributed by atoms with E-state index < -0.39 is 108 Å². The first-order chi connectivity index (χ1) is 28.8. The summed E-state index contributed by atoms with van der Waals surface area (Å²) in [4.78, 5) is 87.5. The number of fused-ring (bicyclic) bond motifs is 4. The SMILES string of the molecule is CN(C)c1c([N+](=O)[O-])cc(N2C(=O)C3CC=C4C(CC5C(=O)N(Nc6ncc(C(F)(F)F)cc6Cl)C(=O)C5(c5ccc(Cl)cc5)C4c4ccc(O)cc4)C3C2=O)cc1[N+](=O)[O-]. The van der Waals surface area contributed by atoms with Gasteiger partial charge in [0.2, 0.25) is 11.8 Å². The van der Waals surface area contributed by atoms with Crippen LogP contribution in [0.15, 0.2) is 84.6 Å². The van der Waals surface area contributed by atoms with Crippen LogP contribution in [0.3, 0.4) is 0 Å². The highest BCUT2D eigenvalue weighted by molar-refractivity contribution is 6.33. The number of carbonyl (C=O) groups is 4. The molecule has 2 aliphatic carbocycles. The molecule has 3 heterocycles. The Morgan fingerprint density at radius 3 is 2.08 bits per heavy atom. The molecule has 1 aromatic heterocycles. The lowest BCUT2D eigenvalue weighted by Crippen LogP contribution is -2.53. The molecule has 8 rings (SSSR count). The summed E-state index contributed by atoms with van der Waals surface area (Å²) < 4.78 is 40.5. The molecule has 6 unspecified atom stereocenters. The van der Waals surface area contributed by atoms with Crippen molar-refractivity contribution in [3.63, 3.8) is 0 Å². The Labute approximate surface area is 352 Å². The van der Waals surface area contributed by atoms with Crippen LogP contribution in [0.2, 0.25) is 10.0 Å². The molecule has 0 bridgehead atoms. The number of hydrazine groups is 1. The maximum atomic E-state index is 15.3. The molecule has 4 amide bonds. The minimum atomic E-state index is -4.81. The lowest BCUT2D eigenvalue weighted by molar-refractivity contribution is -0.392. The Balaban J connectivity index is 1.29. The monoisotopic (exact) mass is 879 g/mol. The number of nitro benzene ring substituents is 2. The van der Waals surface area contributed by atoms with E-state index in [9.17, 15) is 52.9 Å². The molecule has 2 aliphatic heterocycles. The van der Waals surface area contributed by atoms with Crippen LogP contribution in [-0.4, -0.2) is 62.7 Å². The van der Waals surface area contributed by atoms with Gasteiger partial charge in [-0.15, -0.1) is 0 Å². The fraction of sp³-hybridized carbons (Fsp3) is 0.275. The molecular weight excluding hydrogens is 850 g/mol. The summed E-state index contributed by atoms with van der Waals surface area (Å²) in [5, 5.41) is 35.1. The molecule has 16 nitrogen and oxygen atoms in total. The molecule has 314 valence electrons. The highest BCUT2D eigenvalue weighted by atomic mass is 35.5. The summed E-state index contributed by atoms with van der Waals surface area (Å²) >= 11 is 12.5. The second-order valence-electron chi connectivity index (χ2n) is 15.3. The lowest BCUT2D eigenvalue weighted by Gasteiger charge is -2.50. The van der Waals surface area contributed by atoms with Gasteiger partial charge < -0.3 is 10.0 Å². The van der Waals surface area contributed by atoms with Gasteiger partial charge in [-0.25, -0.2) is 9.88 Å². The molecule has 6 atom stereocenters. The summed E-state index contributed by atoms with van der Waals surface area (Å²) in [5.41, 5.74) is -1.56. The van der Waals surface area contributed by atoms with Gasteiger partial charge in [-0.2, -0.15) is 18.2 Å². The number of alkyl halides is 3. The molecule has 3 aromatic carbocycles. The minimum absolute atomic E-state index is 0.0807. The number of hydrogen-bond donors (Lipinski definition) is 2. The van der Waals surface area contributed by atoms with Crippen LogP contribution >= 0.6 is 23.2 Å². The van der Waals surface area contributed by atoms with E-state index in [-0.39, 0.29) is 29.3 Å². The van der Waals surface area contributed by atoms with Gasteiger partial charge in [-0.1, -0.05) is 59.1 Å². The molecule has 2 N–H and O–H groups in total. The molecule has 21 heteroatoms. The van der Waals surface area contributed by atoms with Crippen LogP contribution in [-0.2, 0) is 30.8 Å². The number of carbonyl (C=O) groups excluding carboxylic acids is 4. The predicted octanol–water partition coefficient (Wildman–Crippen LogP) is 7.18. The number of nitrogens with one attached hydrogen (secondary N) is 1. The molecule has 1 saturated carbocycles. The molecule has 0 spiro atoms. The molecule has 61 heavy (non-hydrogen) atoms. The van der Waals surface area contributed by atoms with E-state index in [0.717, 1.165) is 12.1 Å². The standard InChI is InChI=1S/C40H30Cl2F3N7O9/c1-48(2)33-29(51(58)59)14-22(15-30(33)52(60)61)49-35(54)25-12-11-24-26(31(25)37(49)56)16-27-36(55)50(47-34-28(42)13-20(17-46-34)40(43,44)45)38(57)39(27,19-5-7-21(41)8-6-19)32(24)18-3-9-23(53)10-4-18/h3-11,13-15,17,25-27,31-32,53H,12,16H2,1-2H3,(H,46,47). The van der Waals surface area contributed by atoms with Crippen LogP contribution in [0.25, 0.3) is 0 Å². The van der Waals surface area contributed by atoms with Crippen LogP contribution in [0, 0.1) is 43.9 Å². The molecule has 2 saturated heterocycles. The van der Waals surface area contributed by atoms with Gasteiger partial charge in [0.1, 0.15) is 5.75 Å². The lowest BCUT2D eigenvalue weighted by atomic mass is 9.49. The topological polar surface area (TPSA) is 209 Å². The Kier molecular flexibility index (Phi) is 9.81. The molecule has 4 aliphatic rings. The summed E-state index contributed by atoms with van der Waals surface area (Å²) in [6.07, 6.45) is -2.95. The summed E-state index contributed by atoms with van der Waals surface area (Å²) in [5.74, 6) is -9.68. The number of rotatable bonds is 8. The highest BCUT2D eigenvalue weighted by Gasteiger charge is 2.70. The first-order valence-electron chi connectivity index (χ1n) is 18.4. The number of aromatic nitrogens is 1. The number of aromatic hydroxyl groups is 1. The van der Waals surface area contributed by atoms with Crippen molar-refractivity contribution in [3.8, 4) is 5.75 Å². The van der Waals surface area contributed by atoms with Crippen LogP contribution in [0.5, 0.6) is 5.75 Å². The number of nitro groups is 2. The van der Waals surface area contributed by atoms with Crippen molar-refractivity contribution in [2.75, 3.05) is 29.3 Å². The fourth-order valence-electron chi connectivity index (χ4n) is 9.53. The van der Waals surface area contributed by atoms with Crippen LogP contribution in [0.1, 0.15) is 35.4 Å². The number of pyridine rings is 1. The van der Waals surface area contributed by atoms with Gasteiger partial charge in [0.05, 0.1) is 49.3 Å². The number of phenolic OH excluding ortho intramolecular Hbond substituents is 1. The van der Waals surface area contributed by atoms with Crippen molar-refractivity contribution in [1.29, 1.82) is 0 Å². The number of nitrogens with zero attached hydrogens (tertiary/aromatic N) is 6. The molecule has 4 aromatic rings. The number of anilines is 3. The molecule has 3 fully saturated rings. The number of imide groups is 2. The predicted molar refractivity (Wildman–Crippen MR) is 212 cm³/mol. The fourth-order valence-corrected chi connectivity index (χ4v) is 9.87. The first-order valence-corrected chi connectivity index (χ1v) is 19.2. The van der Waals surface area contributed by atoms with E-state index in [0.29, 0.717) is 38.9 Å². The number of amides is 4. The van der Waals surface area contributed by atoms with Crippen molar-refractivity contribution in [3.05, 3.63) is 132 Å². The Hall–Kier alpha value is -6.60. The van der Waals surface area contributed by atoms with Crippen LogP contribution < -0.4 is 15.2 Å². The number of halogens is 5. The number of allylic oxidation sites excluding steroid dienone is 2. The van der Waals surface area contributed by atoms with E-state index in [1.807, 2.05) is 0 Å². The molecular formula is C40H30Cl2F3N7O9. The Morgan fingerprint density at radius 1 is 0.902 bits per heavy atom. The second kappa shape index (κ2) is 14.5. The zero-order valence-corrected chi connectivity index (χ0v) is 33.1. The van der Waals surface area contributed by atoms with Gasteiger partial charge in [0.15, 0.2) is 11.5 Å². The minimum Gasteiger partial charge on any atom is -0.508 e. The first kappa shape index (κ1) is 41.1. The third-order valence-corrected chi connectivity index (χ3v) is 12.5. The maximum Gasteiger partial charge on any atom is 0.417 e. The third-order valence-electron chi connectivity index (χ3n) is 11.9. The maximum absolute atomic E-state index is 15.3. The van der Waals surface area contributed by atoms with E-state index in [1.54, 1.807) is 18.2 Å². The van der Waals surface area contributed by atoms with E-state index in [4.69, 9.17) is 23.2 Å². The number of hydrogen-bond acceptors (Lipinski definition) is 12. The number of phenols is 1. The van der Waals surface area contributed by atoms with Crippen molar-refractivity contribution in [2.45, 2.75) is 30.4 Å². The zero-order chi connectivity index (χ0) is 44.0. The normalized spacial score (nSPS) is 24.6. The van der Waals surface area contributed by atoms with Gasteiger partial charge in [-0.05, 0) is 60.2 Å². The third kappa shape index (κ3) is 6.32. The van der Waals surface area contributed by atoms with E-state index in [2.05, 4.69) is 10.4 Å². The zero-order valence-electron chi connectivity index (χ0n) is 31.6. The number of benzene rings is 3. The van der Waals surface area contributed by atoms with Crippen LogP contribution in [0.4, 0.5) is 41.7 Å².